The molecule has 1 fully saturated rings. The molecule has 1 aromatic rings. The number of pyridine rings is 1. The summed E-state index contributed by atoms with van der Waals surface area (Å²) in [4.78, 5) is 15.3. The fourth-order valence-electron chi connectivity index (χ4n) is 1.40. The maximum absolute atomic E-state index is 11.4. The first-order valence-electron chi connectivity index (χ1n) is 5.01. The van der Waals surface area contributed by atoms with Gasteiger partial charge < -0.3 is 9.47 Å². The maximum Gasteiger partial charge on any atom is 0.360 e. The first kappa shape index (κ1) is 9.96. The summed E-state index contributed by atoms with van der Waals surface area (Å²) in [7, 11) is 1.34. The van der Waals surface area contributed by atoms with Crippen molar-refractivity contribution in [1.29, 1.82) is 0 Å². The Morgan fingerprint density at radius 1 is 1.53 bits per heavy atom. The van der Waals surface area contributed by atoms with Gasteiger partial charge in [0.25, 0.3) is 0 Å². The molecule has 0 N–H and O–H groups in total. The zero-order chi connectivity index (χ0) is 10.7. The molecule has 80 valence electrons. The van der Waals surface area contributed by atoms with Gasteiger partial charge in [0, 0.05) is 6.20 Å². The van der Waals surface area contributed by atoms with E-state index >= 15 is 0 Å². The van der Waals surface area contributed by atoms with E-state index in [1.807, 2.05) is 0 Å². The second kappa shape index (κ2) is 4.29. The molecule has 4 nitrogen and oxygen atoms in total. The van der Waals surface area contributed by atoms with Gasteiger partial charge in [-0.25, -0.2) is 9.78 Å². The number of nitrogens with zero attached hydrogens (tertiary/aromatic N) is 1. The van der Waals surface area contributed by atoms with E-state index in [4.69, 9.17) is 4.74 Å². The molecule has 1 aliphatic rings. The Labute approximate surface area is 88.2 Å². The standard InChI is InChI=1S/C11H13NO3/c1-14-11(13)10-9(6-3-7-12-10)15-8-4-2-5-8/h3,6-8H,2,4-5H2,1H3. The number of carbonyl (C=O) groups is 1. The summed E-state index contributed by atoms with van der Waals surface area (Å²) in [6, 6.07) is 3.50. The summed E-state index contributed by atoms with van der Waals surface area (Å²) in [6.07, 6.45) is 5.08. The van der Waals surface area contributed by atoms with E-state index in [1.54, 1.807) is 18.3 Å². The highest BCUT2D eigenvalue weighted by Crippen LogP contribution is 2.26. The minimum Gasteiger partial charge on any atom is -0.488 e. The van der Waals surface area contributed by atoms with E-state index in [9.17, 15) is 4.79 Å². The topological polar surface area (TPSA) is 48.4 Å². The van der Waals surface area contributed by atoms with Gasteiger partial charge in [-0.15, -0.1) is 0 Å². The van der Waals surface area contributed by atoms with Crippen LogP contribution in [-0.2, 0) is 4.74 Å². The summed E-state index contributed by atoms with van der Waals surface area (Å²) < 4.78 is 10.3. The fraction of sp³-hybridized carbons (Fsp3) is 0.455. The zero-order valence-electron chi connectivity index (χ0n) is 8.60. The lowest BCUT2D eigenvalue weighted by Crippen LogP contribution is -2.25. The number of ether oxygens (including phenoxy) is 2. The van der Waals surface area contributed by atoms with Crippen molar-refractivity contribution in [3.05, 3.63) is 24.0 Å². The van der Waals surface area contributed by atoms with Crippen molar-refractivity contribution in [2.75, 3.05) is 7.11 Å². The summed E-state index contributed by atoms with van der Waals surface area (Å²) in [5.41, 5.74) is 0.256. The molecule has 0 aromatic carbocycles. The van der Waals surface area contributed by atoms with Crippen molar-refractivity contribution in [2.24, 2.45) is 0 Å². The van der Waals surface area contributed by atoms with Crippen LogP contribution in [0.4, 0.5) is 0 Å². The number of methoxy groups -OCH3 is 1. The summed E-state index contributed by atoms with van der Waals surface area (Å²) in [5.74, 6) is 0.0685. The molecule has 0 amide bonds. The molecule has 4 heteroatoms. The normalized spacial score (nSPS) is 15.5. The molecule has 1 saturated carbocycles. The fourth-order valence-corrected chi connectivity index (χ4v) is 1.40. The number of aromatic nitrogens is 1. The van der Waals surface area contributed by atoms with E-state index in [0.29, 0.717) is 5.75 Å². The van der Waals surface area contributed by atoms with Crippen molar-refractivity contribution in [2.45, 2.75) is 25.4 Å². The predicted molar refractivity (Wildman–Crippen MR) is 53.8 cm³/mol. The first-order valence-corrected chi connectivity index (χ1v) is 5.01. The number of esters is 1. The van der Waals surface area contributed by atoms with Crippen LogP contribution >= 0.6 is 0 Å². The highest BCUT2D eigenvalue weighted by molar-refractivity contribution is 5.90. The molecule has 0 aliphatic heterocycles. The average molecular weight is 207 g/mol. The quantitative estimate of drug-likeness (QED) is 0.709. The Hall–Kier alpha value is -1.58. The molecular weight excluding hydrogens is 194 g/mol. The SMILES string of the molecule is COC(=O)c1ncccc1OC1CCC1. The largest absolute Gasteiger partial charge is 0.488 e. The van der Waals surface area contributed by atoms with Gasteiger partial charge >= 0.3 is 5.97 Å². The van der Waals surface area contributed by atoms with Crippen LogP contribution < -0.4 is 4.74 Å². The Balaban J connectivity index is 2.16. The average Bonchev–Trinajstić information content (AvgIpc) is 2.23. The predicted octanol–water partition coefficient (Wildman–Crippen LogP) is 1.80. The number of hydrogen-bond donors (Lipinski definition) is 0. The molecule has 0 spiro atoms. The highest BCUT2D eigenvalue weighted by Gasteiger charge is 2.22. The van der Waals surface area contributed by atoms with Gasteiger partial charge in [-0.05, 0) is 31.4 Å². The summed E-state index contributed by atoms with van der Waals surface area (Å²) in [5, 5.41) is 0. The molecule has 1 aliphatic carbocycles. The first-order chi connectivity index (χ1) is 7.31. The van der Waals surface area contributed by atoms with Crippen LogP contribution in [-0.4, -0.2) is 24.2 Å². The van der Waals surface area contributed by atoms with E-state index < -0.39 is 5.97 Å². The minimum absolute atomic E-state index is 0.234. The van der Waals surface area contributed by atoms with Crippen molar-refractivity contribution in [3.8, 4) is 5.75 Å². The number of rotatable bonds is 3. The van der Waals surface area contributed by atoms with Crippen molar-refractivity contribution in [1.82, 2.24) is 4.98 Å². The highest BCUT2D eigenvalue weighted by atomic mass is 16.5. The molecule has 0 bridgehead atoms. The summed E-state index contributed by atoms with van der Waals surface area (Å²) >= 11 is 0. The van der Waals surface area contributed by atoms with Gasteiger partial charge in [-0.3, -0.25) is 0 Å². The lowest BCUT2D eigenvalue weighted by atomic mass is 9.96. The van der Waals surface area contributed by atoms with Crippen LogP contribution in [0, 0.1) is 0 Å². The van der Waals surface area contributed by atoms with Crippen LogP contribution in [0.3, 0.4) is 0 Å². The third kappa shape index (κ3) is 2.09. The summed E-state index contributed by atoms with van der Waals surface area (Å²) in [6.45, 7) is 0. The Morgan fingerprint density at radius 3 is 2.93 bits per heavy atom. The van der Waals surface area contributed by atoms with Gasteiger partial charge in [0.2, 0.25) is 0 Å². The van der Waals surface area contributed by atoms with Crippen molar-refractivity contribution < 1.29 is 14.3 Å². The third-order valence-corrected chi connectivity index (χ3v) is 2.50. The smallest absolute Gasteiger partial charge is 0.360 e. The molecule has 0 unspecified atom stereocenters. The number of carbonyl (C=O) groups excluding carboxylic acids is 1. The second-order valence-electron chi connectivity index (χ2n) is 3.51. The van der Waals surface area contributed by atoms with E-state index in [-0.39, 0.29) is 11.8 Å². The number of hydrogen-bond acceptors (Lipinski definition) is 4. The van der Waals surface area contributed by atoms with Crippen LogP contribution in [0.1, 0.15) is 29.8 Å². The Morgan fingerprint density at radius 2 is 2.33 bits per heavy atom. The van der Waals surface area contributed by atoms with Gasteiger partial charge in [-0.2, -0.15) is 0 Å². The van der Waals surface area contributed by atoms with Crippen LogP contribution in [0.2, 0.25) is 0 Å². The van der Waals surface area contributed by atoms with Gasteiger partial charge in [0.05, 0.1) is 13.2 Å². The molecule has 2 rings (SSSR count). The third-order valence-electron chi connectivity index (χ3n) is 2.50. The minimum atomic E-state index is -0.454. The van der Waals surface area contributed by atoms with Crippen molar-refractivity contribution in [3.63, 3.8) is 0 Å². The lowest BCUT2D eigenvalue weighted by molar-refractivity contribution is 0.0577. The zero-order valence-corrected chi connectivity index (χ0v) is 8.60. The molecule has 0 radical (unpaired) electrons. The van der Waals surface area contributed by atoms with Crippen LogP contribution in [0.15, 0.2) is 18.3 Å². The Kier molecular flexibility index (Phi) is 2.85. The maximum atomic E-state index is 11.4. The molecule has 0 atom stereocenters. The monoisotopic (exact) mass is 207 g/mol. The molecule has 1 aromatic heterocycles. The van der Waals surface area contributed by atoms with E-state index in [0.717, 1.165) is 12.8 Å². The van der Waals surface area contributed by atoms with E-state index in [2.05, 4.69) is 9.72 Å². The van der Waals surface area contributed by atoms with E-state index in [1.165, 1.54) is 13.5 Å². The van der Waals surface area contributed by atoms with Gasteiger partial charge in [0.15, 0.2) is 11.4 Å². The van der Waals surface area contributed by atoms with Gasteiger partial charge in [-0.1, -0.05) is 0 Å². The second-order valence-corrected chi connectivity index (χ2v) is 3.51. The van der Waals surface area contributed by atoms with Crippen LogP contribution in [0.25, 0.3) is 0 Å². The molecule has 15 heavy (non-hydrogen) atoms. The lowest BCUT2D eigenvalue weighted by Gasteiger charge is -2.26. The molecule has 0 saturated heterocycles. The molecule has 1 heterocycles. The van der Waals surface area contributed by atoms with Gasteiger partial charge in [0.1, 0.15) is 0 Å². The Bertz CT molecular complexity index is 361. The van der Waals surface area contributed by atoms with Crippen LogP contribution in [0.5, 0.6) is 5.75 Å². The van der Waals surface area contributed by atoms with Crippen molar-refractivity contribution >= 4 is 5.97 Å². The molecular formula is C11H13NO3.